The zero-order chi connectivity index (χ0) is 12.3. The van der Waals surface area contributed by atoms with Gasteiger partial charge in [-0.25, -0.2) is 0 Å². The molecule has 1 aromatic carbocycles. The topological polar surface area (TPSA) is 33.1 Å². The second-order valence-electron chi connectivity index (χ2n) is 4.04. The molecule has 0 aliphatic heterocycles. The Morgan fingerprint density at radius 3 is 2.65 bits per heavy atom. The Morgan fingerprint density at radius 2 is 2.00 bits per heavy atom. The van der Waals surface area contributed by atoms with Crippen molar-refractivity contribution < 1.29 is 5.11 Å². The largest absolute Gasteiger partial charge is 0.388 e. The van der Waals surface area contributed by atoms with Crippen LogP contribution in [0.15, 0.2) is 48.7 Å². The summed E-state index contributed by atoms with van der Waals surface area (Å²) >= 11 is 5.91. The first kappa shape index (κ1) is 12.1. The highest BCUT2D eigenvalue weighted by Crippen LogP contribution is 2.30. The lowest BCUT2D eigenvalue weighted by Gasteiger charge is -2.18. The molecule has 1 N–H and O–H groups in total. The second kappa shape index (κ2) is 5.30. The van der Waals surface area contributed by atoms with Crippen LogP contribution in [0.1, 0.15) is 30.2 Å². The molecule has 0 fully saturated rings. The quantitative estimate of drug-likeness (QED) is 0.900. The normalized spacial score (nSPS) is 14.3. The minimum atomic E-state index is -0.594. The van der Waals surface area contributed by atoms with Crippen LogP contribution in [0, 0.1) is 0 Å². The molecule has 2 unspecified atom stereocenters. The Labute approximate surface area is 106 Å². The Balaban J connectivity index is 2.23. The van der Waals surface area contributed by atoms with E-state index >= 15 is 0 Å². The van der Waals surface area contributed by atoms with E-state index in [1.54, 1.807) is 18.3 Å². The molecule has 17 heavy (non-hydrogen) atoms. The molecule has 1 heterocycles. The Hall–Kier alpha value is -1.38. The first-order chi connectivity index (χ1) is 8.18. The maximum Gasteiger partial charge on any atom is 0.0871 e. The number of pyridine rings is 1. The van der Waals surface area contributed by atoms with Gasteiger partial charge in [0, 0.05) is 22.8 Å². The molecule has 2 atom stereocenters. The first-order valence-corrected chi connectivity index (χ1v) is 5.91. The van der Waals surface area contributed by atoms with Crippen molar-refractivity contribution in [2.75, 3.05) is 0 Å². The average molecular weight is 248 g/mol. The molecule has 0 aliphatic rings. The van der Waals surface area contributed by atoms with Crippen molar-refractivity contribution in [2.45, 2.75) is 18.9 Å². The van der Waals surface area contributed by atoms with Gasteiger partial charge in [-0.05, 0) is 29.8 Å². The summed E-state index contributed by atoms with van der Waals surface area (Å²) in [4.78, 5) is 4.25. The van der Waals surface area contributed by atoms with E-state index in [9.17, 15) is 5.11 Å². The SMILES string of the molecule is CC(c1ccccn1)C(O)c1cccc(Cl)c1. The number of benzene rings is 1. The maximum absolute atomic E-state index is 10.3. The summed E-state index contributed by atoms with van der Waals surface area (Å²) in [6.07, 6.45) is 1.14. The molecule has 88 valence electrons. The monoisotopic (exact) mass is 247 g/mol. The van der Waals surface area contributed by atoms with Crippen LogP contribution >= 0.6 is 11.6 Å². The van der Waals surface area contributed by atoms with Gasteiger partial charge in [-0.2, -0.15) is 0 Å². The van der Waals surface area contributed by atoms with E-state index in [1.165, 1.54) is 0 Å². The number of rotatable bonds is 3. The zero-order valence-electron chi connectivity index (χ0n) is 9.55. The average Bonchev–Trinajstić information content (AvgIpc) is 2.38. The Morgan fingerprint density at radius 1 is 1.18 bits per heavy atom. The fraction of sp³-hybridized carbons (Fsp3) is 0.214. The van der Waals surface area contributed by atoms with Crippen LogP contribution in [-0.4, -0.2) is 10.1 Å². The zero-order valence-corrected chi connectivity index (χ0v) is 10.3. The molecule has 0 bridgehead atoms. The van der Waals surface area contributed by atoms with Crippen LogP contribution in [0.5, 0.6) is 0 Å². The summed E-state index contributed by atoms with van der Waals surface area (Å²) < 4.78 is 0. The molecule has 0 aliphatic carbocycles. The number of aromatic nitrogens is 1. The molecule has 0 saturated carbocycles. The lowest BCUT2D eigenvalue weighted by Crippen LogP contribution is -2.08. The van der Waals surface area contributed by atoms with Crippen molar-refractivity contribution in [1.29, 1.82) is 0 Å². The fourth-order valence-electron chi connectivity index (χ4n) is 1.79. The number of aliphatic hydroxyl groups excluding tert-OH is 1. The molecule has 0 amide bonds. The number of hydrogen-bond acceptors (Lipinski definition) is 2. The summed E-state index contributed by atoms with van der Waals surface area (Å²) in [5.41, 5.74) is 1.69. The van der Waals surface area contributed by atoms with Gasteiger partial charge in [0.1, 0.15) is 0 Å². The van der Waals surface area contributed by atoms with Gasteiger partial charge in [0.05, 0.1) is 6.10 Å². The van der Waals surface area contributed by atoms with Gasteiger partial charge in [0.25, 0.3) is 0 Å². The molecule has 2 nitrogen and oxygen atoms in total. The van der Waals surface area contributed by atoms with E-state index in [0.717, 1.165) is 11.3 Å². The predicted octanol–water partition coefficient (Wildman–Crippen LogP) is 3.57. The first-order valence-electron chi connectivity index (χ1n) is 5.53. The molecule has 3 heteroatoms. The highest BCUT2D eigenvalue weighted by Gasteiger charge is 2.19. The van der Waals surface area contributed by atoms with Crippen molar-refractivity contribution >= 4 is 11.6 Å². The third kappa shape index (κ3) is 2.84. The van der Waals surface area contributed by atoms with Crippen molar-refractivity contribution in [3.8, 4) is 0 Å². The summed E-state index contributed by atoms with van der Waals surface area (Å²) in [6.45, 7) is 1.95. The van der Waals surface area contributed by atoms with Gasteiger partial charge in [-0.3, -0.25) is 4.98 Å². The standard InChI is InChI=1S/C14H14ClNO/c1-10(13-7-2-3-8-16-13)14(17)11-5-4-6-12(15)9-11/h2-10,14,17H,1H3. The number of aliphatic hydroxyl groups is 1. The van der Waals surface area contributed by atoms with Crippen molar-refractivity contribution in [3.05, 3.63) is 64.9 Å². The summed E-state index contributed by atoms with van der Waals surface area (Å²) in [5, 5.41) is 10.9. The Bertz CT molecular complexity index is 487. The maximum atomic E-state index is 10.3. The molecular formula is C14H14ClNO. The number of nitrogens with zero attached hydrogens (tertiary/aromatic N) is 1. The highest BCUT2D eigenvalue weighted by atomic mass is 35.5. The van der Waals surface area contributed by atoms with Crippen LogP contribution in [0.4, 0.5) is 0 Å². The number of hydrogen-bond donors (Lipinski definition) is 1. The minimum absolute atomic E-state index is 0.0605. The van der Waals surface area contributed by atoms with Gasteiger partial charge < -0.3 is 5.11 Å². The van der Waals surface area contributed by atoms with E-state index in [-0.39, 0.29) is 5.92 Å². The van der Waals surface area contributed by atoms with Crippen LogP contribution < -0.4 is 0 Å². The van der Waals surface area contributed by atoms with Gasteiger partial charge in [-0.15, -0.1) is 0 Å². The van der Waals surface area contributed by atoms with Crippen LogP contribution in [0.2, 0.25) is 5.02 Å². The smallest absolute Gasteiger partial charge is 0.0871 e. The second-order valence-corrected chi connectivity index (χ2v) is 4.48. The summed E-state index contributed by atoms with van der Waals surface area (Å²) in [6, 6.07) is 13.0. The van der Waals surface area contributed by atoms with Crippen LogP contribution in [0.25, 0.3) is 0 Å². The minimum Gasteiger partial charge on any atom is -0.388 e. The van der Waals surface area contributed by atoms with E-state index in [1.807, 2.05) is 37.3 Å². The van der Waals surface area contributed by atoms with E-state index < -0.39 is 6.10 Å². The molecule has 0 spiro atoms. The van der Waals surface area contributed by atoms with E-state index in [4.69, 9.17) is 11.6 Å². The molecular weight excluding hydrogens is 234 g/mol. The third-order valence-corrected chi connectivity index (χ3v) is 3.05. The molecule has 0 saturated heterocycles. The molecule has 0 radical (unpaired) electrons. The summed E-state index contributed by atoms with van der Waals surface area (Å²) in [7, 11) is 0. The van der Waals surface area contributed by atoms with Gasteiger partial charge in [0.2, 0.25) is 0 Å². The van der Waals surface area contributed by atoms with Crippen molar-refractivity contribution in [3.63, 3.8) is 0 Å². The van der Waals surface area contributed by atoms with Crippen molar-refractivity contribution in [2.24, 2.45) is 0 Å². The van der Waals surface area contributed by atoms with Gasteiger partial charge in [0.15, 0.2) is 0 Å². The molecule has 2 aromatic rings. The predicted molar refractivity (Wildman–Crippen MR) is 69.1 cm³/mol. The van der Waals surface area contributed by atoms with Gasteiger partial charge >= 0.3 is 0 Å². The Kier molecular flexibility index (Phi) is 3.77. The molecule has 2 rings (SSSR count). The van der Waals surface area contributed by atoms with Crippen molar-refractivity contribution in [1.82, 2.24) is 4.98 Å². The highest BCUT2D eigenvalue weighted by molar-refractivity contribution is 6.30. The fourth-order valence-corrected chi connectivity index (χ4v) is 1.99. The van der Waals surface area contributed by atoms with E-state index in [2.05, 4.69) is 4.98 Å². The summed E-state index contributed by atoms with van der Waals surface area (Å²) in [5.74, 6) is -0.0605. The van der Waals surface area contributed by atoms with Crippen LogP contribution in [-0.2, 0) is 0 Å². The lowest BCUT2D eigenvalue weighted by atomic mass is 9.94. The van der Waals surface area contributed by atoms with E-state index in [0.29, 0.717) is 5.02 Å². The van der Waals surface area contributed by atoms with Crippen LogP contribution in [0.3, 0.4) is 0 Å². The molecule has 1 aromatic heterocycles. The third-order valence-electron chi connectivity index (χ3n) is 2.82. The lowest BCUT2D eigenvalue weighted by molar-refractivity contribution is 0.150. The number of halogens is 1. The van der Waals surface area contributed by atoms with Gasteiger partial charge in [-0.1, -0.05) is 36.7 Å².